The first-order chi connectivity index (χ1) is 8.49. The third-order valence-electron chi connectivity index (χ3n) is 2.60. The van der Waals surface area contributed by atoms with E-state index >= 15 is 0 Å². The summed E-state index contributed by atoms with van der Waals surface area (Å²) in [7, 11) is 3.80. The average molecular weight is 286 g/mol. The molecule has 0 atom stereocenters. The summed E-state index contributed by atoms with van der Waals surface area (Å²) in [6, 6.07) is 1.59. The van der Waals surface area contributed by atoms with Gasteiger partial charge in [0.15, 0.2) is 0 Å². The number of halogens is 2. The molecule has 0 fully saturated rings. The van der Waals surface area contributed by atoms with Crippen molar-refractivity contribution < 1.29 is 0 Å². The third kappa shape index (κ3) is 2.52. The maximum absolute atomic E-state index is 6.10. The summed E-state index contributed by atoms with van der Waals surface area (Å²) >= 11 is 12.0. The zero-order valence-electron chi connectivity index (χ0n) is 10.1. The van der Waals surface area contributed by atoms with Gasteiger partial charge in [-0.15, -0.1) is 0 Å². The van der Waals surface area contributed by atoms with Crippen molar-refractivity contribution in [3.63, 3.8) is 0 Å². The average Bonchev–Trinajstić information content (AvgIpc) is 2.69. The van der Waals surface area contributed by atoms with Crippen molar-refractivity contribution in [1.82, 2.24) is 14.5 Å². The lowest BCUT2D eigenvalue weighted by Crippen LogP contribution is -2.20. The van der Waals surface area contributed by atoms with Crippen LogP contribution in [0.2, 0.25) is 10.0 Å². The molecule has 0 aliphatic carbocycles. The van der Waals surface area contributed by atoms with E-state index in [-0.39, 0.29) is 5.82 Å². The number of hydrogen-bond acceptors (Lipinski definition) is 4. The zero-order valence-corrected chi connectivity index (χ0v) is 11.6. The largest absolute Gasteiger partial charge is 0.382 e. The van der Waals surface area contributed by atoms with Gasteiger partial charge in [-0.05, 0) is 6.07 Å². The molecule has 0 spiro atoms. The molecule has 0 aliphatic heterocycles. The quantitative estimate of drug-likeness (QED) is 0.940. The Labute approximate surface area is 115 Å². The Bertz CT molecular complexity index is 567. The molecular weight excluding hydrogens is 273 g/mol. The number of imidazole rings is 1. The molecular formula is C11H13Cl2N5. The van der Waals surface area contributed by atoms with E-state index in [0.717, 1.165) is 5.82 Å². The smallest absolute Gasteiger partial charge is 0.150 e. The van der Waals surface area contributed by atoms with Crippen molar-refractivity contribution in [2.45, 2.75) is 6.54 Å². The van der Waals surface area contributed by atoms with Crippen molar-refractivity contribution in [3.05, 3.63) is 34.3 Å². The van der Waals surface area contributed by atoms with Crippen LogP contribution in [0.3, 0.4) is 0 Å². The van der Waals surface area contributed by atoms with Crippen LogP contribution in [-0.4, -0.2) is 21.6 Å². The van der Waals surface area contributed by atoms with Crippen molar-refractivity contribution in [1.29, 1.82) is 0 Å². The maximum atomic E-state index is 6.10. The van der Waals surface area contributed by atoms with E-state index in [1.54, 1.807) is 12.3 Å². The lowest BCUT2D eigenvalue weighted by Gasteiger charge is -2.19. The molecule has 0 saturated heterocycles. The first kappa shape index (κ1) is 13.0. The molecule has 0 aliphatic rings. The fourth-order valence-electron chi connectivity index (χ4n) is 1.57. The SMILES string of the molecule is CN(Cc1nccn1C)c1nc(N)c(Cl)cc1Cl. The fourth-order valence-corrected chi connectivity index (χ4v) is 2.08. The Morgan fingerprint density at radius 1 is 1.39 bits per heavy atom. The van der Waals surface area contributed by atoms with E-state index in [9.17, 15) is 0 Å². The minimum absolute atomic E-state index is 0.266. The standard InChI is InChI=1S/C11H13Cl2N5/c1-17-4-3-15-9(17)6-18(2)11-8(13)5-7(12)10(14)16-11/h3-5H,6H2,1-2H3,(H2,14,16). The molecule has 2 rings (SSSR count). The van der Waals surface area contributed by atoms with Crippen LogP contribution in [0, 0.1) is 0 Å². The summed E-state index contributed by atoms with van der Waals surface area (Å²) in [5, 5.41) is 0.819. The molecule has 0 bridgehead atoms. The second kappa shape index (κ2) is 5.04. The van der Waals surface area contributed by atoms with Crippen LogP contribution in [0.5, 0.6) is 0 Å². The first-order valence-electron chi connectivity index (χ1n) is 5.28. The first-order valence-corrected chi connectivity index (χ1v) is 6.03. The number of pyridine rings is 1. The van der Waals surface area contributed by atoms with Crippen molar-refractivity contribution in [3.8, 4) is 0 Å². The monoisotopic (exact) mass is 285 g/mol. The Morgan fingerprint density at radius 2 is 2.11 bits per heavy atom. The van der Waals surface area contributed by atoms with Gasteiger partial charge >= 0.3 is 0 Å². The number of nitrogens with zero attached hydrogens (tertiary/aromatic N) is 4. The van der Waals surface area contributed by atoms with Crippen LogP contribution >= 0.6 is 23.2 Å². The molecule has 96 valence electrons. The van der Waals surface area contributed by atoms with Gasteiger partial charge in [-0.3, -0.25) is 0 Å². The van der Waals surface area contributed by atoms with Crippen LogP contribution in [0.4, 0.5) is 11.6 Å². The number of aromatic nitrogens is 3. The summed E-state index contributed by atoms with van der Waals surface area (Å²) in [6.45, 7) is 0.581. The van der Waals surface area contributed by atoms with E-state index in [0.29, 0.717) is 22.4 Å². The normalized spacial score (nSPS) is 10.7. The highest BCUT2D eigenvalue weighted by Crippen LogP contribution is 2.29. The highest BCUT2D eigenvalue weighted by atomic mass is 35.5. The van der Waals surface area contributed by atoms with Gasteiger partial charge in [0.05, 0.1) is 16.6 Å². The fraction of sp³-hybridized carbons (Fsp3) is 0.273. The number of nitrogen functional groups attached to an aromatic ring is 1. The molecule has 18 heavy (non-hydrogen) atoms. The number of hydrogen-bond donors (Lipinski definition) is 1. The van der Waals surface area contributed by atoms with E-state index in [4.69, 9.17) is 28.9 Å². The Kier molecular flexibility index (Phi) is 3.63. The third-order valence-corrected chi connectivity index (χ3v) is 3.18. The van der Waals surface area contributed by atoms with Gasteiger partial charge in [0, 0.05) is 26.5 Å². The van der Waals surface area contributed by atoms with Gasteiger partial charge in [0.1, 0.15) is 17.5 Å². The van der Waals surface area contributed by atoms with Crippen molar-refractivity contribution in [2.24, 2.45) is 7.05 Å². The van der Waals surface area contributed by atoms with Crippen LogP contribution in [-0.2, 0) is 13.6 Å². The summed E-state index contributed by atoms with van der Waals surface area (Å²) < 4.78 is 1.93. The van der Waals surface area contributed by atoms with Gasteiger partial charge in [0.2, 0.25) is 0 Å². The highest BCUT2D eigenvalue weighted by molar-refractivity contribution is 6.37. The molecule has 0 amide bonds. The molecule has 7 heteroatoms. The van der Waals surface area contributed by atoms with Gasteiger partial charge in [0.25, 0.3) is 0 Å². The van der Waals surface area contributed by atoms with E-state index in [2.05, 4.69) is 9.97 Å². The van der Waals surface area contributed by atoms with Crippen molar-refractivity contribution >= 4 is 34.8 Å². The minimum Gasteiger partial charge on any atom is -0.382 e. The summed E-state index contributed by atoms with van der Waals surface area (Å²) in [5.74, 6) is 1.76. The molecule has 0 radical (unpaired) electrons. The molecule has 0 unspecified atom stereocenters. The van der Waals surface area contributed by atoms with Gasteiger partial charge in [-0.2, -0.15) is 0 Å². The number of nitrogens with two attached hydrogens (primary N) is 1. The molecule has 2 heterocycles. The minimum atomic E-state index is 0.266. The van der Waals surface area contributed by atoms with E-state index in [1.165, 1.54) is 0 Å². The zero-order chi connectivity index (χ0) is 13.3. The second-order valence-electron chi connectivity index (χ2n) is 3.97. The van der Waals surface area contributed by atoms with Gasteiger partial charge in [-0.25, -0.2) is 9.97 Å². The van der Waals surface area contributed by atoms with Crippen LogP contribution in [0.1, 0.15) is 5.82 Å². The number of rotatable bonds is 3. The summed E-state index contributed by atoms with van der Waals surface area (Å²) in [4.78, 5) is 10.3. The maximum Gasteiger partial charge on any atom is 0.150 e. The Morgan fingerprint density at radius 3 is 2.72 bits per heavy atom. The van der Waals surface area contributed by atoms with E-state index < -0.39 is 0 Å². The molecule has 5 nitrogen and oxygen atoms in total. The lowest BCUT2D eigenvalue weighted by molar-refractivity contribution is 0.756. The Hall–Kier alpha value is -1.46. The Balaban J connectivity index is 2.26. The molecule has 2 aromatic rings. The lowest BCUT2D eigenvalue weighted by atomic mass is 10.4. The molecule has 0 aromatic carbocycles. The number of anilines is 2. The molecule has 2 N–H and O–H groups in total. The second-order valence-corrected chi connectivity index (χ2v) is 4.79. The topological polar surface area (TPSA) is 60.0 Å². The van der Waals surface area contributed by atoms with Crippen LogP contribution in [0.25, 0.3) is 0 Å². The summed E-state index contributed by atoms with van der Waals surface area (Å²) in [5.41, 5.74) is 5.68. The van der Waals surface area contributed by atoms with Crippen molar-refractivity contribution in [2.75, 3.05) is 17.7 Å². The van der Waals surface area contributed by atoms with Gasteiger partial charge < -0.3 is 15.2 Å². The van der Waals surface area contributed by atoms with Crippen LogP contribution in [0.15, 0.2) is 18.5 Å². The predicted octanol–water partition coefficient (Wildman–Crippen LogP) is 2.34. The number of aryl methyl sites for hydroxylation is 1. The molecule has 0 saturated carbocycles. The van der Waals surface area contributed by atoms with Gasteiger partial charge in [-0.1, -0.05) is 23.2 Å². The summed E-state index contributed by atoms with van der Waals surface area (Å²) in [6.07, 6.45) is 3.63. The van der Waals surface area contributed by atoms with E-state index in [1.807, 2.05) is 29.8 Å². The predicted molar refractivity (Wildman–Crippen MR) is 74.0 cm³/mol. The molecule has 2 aromatic heterocycles. The highest BCUT2D eigenvalue weighted by Gasteiger charge is 2.13. The van der Waals surface area contributed by atoms with Crippen LogP contribution < -0.4 is 10.6 Å².